The molecule has 0 saturated carbocycles. The number of unbranched alkanes of at least 4 members (excludes halogenated alkanes) is 3. The summed E-state index contributed by atoms with van der Waals surface area (Å²) in [6.45, 7) is 8.73. The molecule has 0 aromatic rings. The van der Waals surface area contributed by atoms with Gasteiger partial charge in [0, 0.05) is 18.9 Å². The molecule has 0 radical (unpaired) electrons. The quantitative estimate of drug-likeness (QED) is 0.108. The fourth-order valence-electron chi connectivity index (χ4n) is 2.34. The van der Waals surface area contributed by atoms with Crippen molar-refractivity contribution in [3.05, 3.63) is 0 Å². The number of hydrogen-bond donors (Lipinski definition) is 0. The molecule has 0 aromatic carbocycles. The SMILES string of the molecule is CCCC(=O)OCCOCCOCCOCCOCCOCCOCCCCCCCl. The summed E-state index contributed by atoms with van der Waals surface area (Å²) < 4.78 is 37.5. The van der Waals surface area contributed by atoms with Crippen LogP contribution < -0.4 is 0 Å². The third-order valence-corrected chi connectivity index (χ3v) is 4.24. The number of alkyl halides is 1. The Bertz CT molecular complexity index is 360. The van der Waals surface area contributed by atoms with Crippen LogP contribution in [0.4, 0.5) is 0 Å². The minimum Gasteiger partial charge on any atom is -0.463 e. The van der Waals surface area contributed by atoms with Crippen LogP contribution >= 0.6 is 11.6 Å². The van der Waals surface area contributed by atoms with E-state index in [9.17, 15) is 4.79 Å². The van der Waals surface area contributed by atoms with Gasteiger partial charge in [-0.15, -0.1) is 11.6 Å². The molecule has 0 aliphatic carbocycles. The first-order valence-corrected chi connectivity index (χ1v) is 12.0. The molecule has 9 heteroatoms. The molecule has 0 bridgehead atoms. The van der Waals surface area contributed by atoms with Crippen molar-refractivity contribution in [3.8, 4) is 0 Å². The fourth-order valence-corrected chi connectivity index (χ4v) is 2.53. The summed E-state index contributed by atoms with van der Waals surface area (Å²) in [6.07, 6.45) is 5.75. The molecular weight excluding hydrogens is 428 g/mol. The highest BCUT2D eigenvalue weighted by Gasteiger charge is 1.99. The van der Waals surface area contributed by atoms with E-state index in [1.807, 2.05) is 6.92 Å². The number of carbonyl (C=O) groups is 1. The van der Waals surface area contributed by atoms with Crippen LogP contribution in [0.2, 0.25) is 0 Å². The molecule has 31 heavy (non-hydrogen) atoms. The van der Waals surface area contributed by atoms with Gasteiger partial charge in [0.25, 0.3) is 0 Å². The van der Waals surface area contributed by atoms with Crippen LogP contribution in [0.1, 0.15) is 45.4 Å². The monoisotopic (exact) mass is 470 g/mol. The van der Waals surface area contributed by atoms with E-state index in [1.54, 1.807) is 0 Å². The molecule has 0 heterocycles. The van der Waals surface area contributed by atoms with Crippen molar-refractivity contribution in [1.29, 1.82) is 0 Å². The molecule has 186 valence electrons. The number of hydrogen-bond acceptors (Lipinski definition) is 8. The number of carbonyl (C=O) groups excluding carboxylic acids is 1. The molecule has 0 spiro atoms. The topological polar surface area (TPSA) is 81.7 Å². The number of ether oxygens (including phenoxy) is 7. The first-order valence-electron chi connectivity index (χ1n) is 11.5. The molecule has 0 fully saturated rings. The Balaban J connectivity index is 3.03. The molecule has 0 rings (SSSR count). The molecular formula is C22H43ClO8. The summed E-state index contributed by atoms with van der Waals surface area (Å²) in [4.78, 5) is 11.1. The van der Waals surface area contributed by atoms with E-state index in [4.69, 9.17) is 44.8 Å². The lowest BCUT2D eigenvalue weighted by molar-refractivity contribution is -0.145. The highest BCUT2D eigenvalue weighted by molar-refractivity contribution is 6.17. The van der Waals surface area contributed by atoms with Gasteiger partial charge in [0.15, 0.2) is 0 Å². The lowest BCUT2D eigenvalue weighted by Crippen LogP contribution is -2.15. The van der Waals surface area contributed by atoms with E-state index in [1.165, 1.54) is 12.8 Å². The molecule has 0 aliphatic heterocycles. The lowest BCUT2D eigenvalue weighted by Gasteiger charge is -2.08. The summed E-state index contributed by atoms with van der Waals surface area (Å²) in [5.74, 6) is 0.566. The van der Waals surface area contributed by atoms with Crippen molar-refractivity contribution in [2.24, 2.45) is 0 Å². The first kappa shape index (κ1) is 30.5. The van der Waals surface area contributed by atoms with Gasteiger partial charge in [-0.2, -0.15) is 0 Å². The summed E-state index contributed by atoms with van der Waals surface area (Å²) >= 11 is 5.63. The van der Waals surface area contributed by atoms with Gasteiger partial charge in [-0.05, 0) is 19.3 Å². The molecule has 0 aliphatic rings. The van der Waals surface area contributed by atoms with Crippen molar-refractivity contribution in [3.63, 3.8) is 0 Å². The van der Waals surface area contributed by atoms with E-state index in [2.05, 4.69) is 0 Å². The van der Waals surface area contributed by atoms with Gasteiger partial charge in [0.2, 0.25) is 0 Å². The van der Waals surface area contributed by atoms with Crippen LogP contribution in [-0.2, 0) is 38.0 Å². The van der Waals surface area contributed by atoms with Crippen LogP contribution in [0.15, 0.2) is 0 Å². The maximum Gasteiger partial charge on any atom is 0.305 e. The van der Waals surface area contributed by atoms with Gasteiger partial charge in [-0.3, -0.25) is 4.79 Å². The molecule has 0 N–H and O–H groups in total. The normalized spacial score (nSPS) is 11.2. The third-order valence-electron chi connectivity index (χ3n) is 3.98. The van der Waals surface area contributed by atoms with Gasteiger partial charge in [-0.25, -0.2) is 0 Å². The standard InChI is InChI=1S/C22H43ClO8/c1-2-7-22(24)31-21-20-30-19-18-29-17-16-28-15-14-27-13-12-26-11-10-25-9-6-4-3-5-8-23/h2-21H2,1H3. The van der Waals surface area contributed by atoms with Crippen LogP contribution in [0.25, 0.3) is 0 Å². The molecule has 0 aromatic heterocycles. The minimum absolute atomic E-state index is 0.179. The zero-order chi connectivity index (χ0) is 22.7. The Morgan fingerprint density at radius 2 is 0.935 bits per heavy atom. The number of esters is 1. The Morgan fingerprint density at radius 1 is 0.548 bits per heavy atom. The predicted octanol–water partition coefficient (Wildman–Crippen LogP) is 3.23. The van der Waals surface area contributed by atoms with Gasteiger partial charge >= 0.3 is 5.97 Å². The summed E-state index contributed by atoms with van der Waals surface area (Å²) in [7, 11) is 0. The van der Waals surface area contributed by atoms with E-state index >= 15 is 0 Å². The fraction of sp³-hybridized carbons (Fsp3) is 0.955. The number of rotatable bonds is 26. The van der Waals surface area contributed by atoms with Crippen molar-refractivity contribution in [2.45, 2.75) is 45.4 Å². The lowest BCUT2D eigenvalue weighted by atomic mass is 10.2. The largest absolute Gasteiger partial charge is 0.463 e. The van der Waals surface area contributed by atoms with E-state index < -0.39 is 0 Å². The van der Waals surface area contributed by atoms with Gasteiger partial charge in [-0.1, -0.05) is 19.8 Å². The smallest absolute Gasteiger partial charge is 0.305 e. The molecule has 0 unspecified atom stereocenters. The maximum atomic E-state index is 11.1. The molecule has 8 nitrogen and oxygen atoms in total. The van der Waals surface area contributed by atoms with Crippen LogP contribution in [-0.4, -0.2) is 97.7 Å². The van der Waals surface area contributed by atoms with Crippen LogP contribution in [0.5, 0.6) is 0 Å². The Hall–Kier alpha value is -0.480. The maximum absolute atomic E-state index is 11.1. The number of halogens is 1. The van der Waals surface area contributed by atoms with Crippen LogP contribution in [0, 0.1) is 0 Å². The van der Waals surface area contributed by atoms with Gasteiger partial charge in [0.05, 0.1) is 72.7 Å². The van der Waals surface area contributed by atoms with Gasteiger partial charge in [0.1, 0.15) is 6.61 Å². The highest BCUT2D eigenvalue weighted by atomic mass is 35.5. The zero-order valence-corrected chi connectivity index (χ0v) is 20.0. The Labute approximate surface area is 193 Å². The summed E-state index contributed by atoms with van der Waals surface area (Å²) in [5, 5.41) is 0. The first-order chi connectivity index (χ1) is 15.3. The second-order valence-corrected chi connectivity index (χ2v) is 7.13. The molecule has 0 saturated heterocycles. The molecule has 0 atom stereocenters. The second-order valence-electron chi connectivity index (χ2n) is 6.75. The zero-order valence-electron chi connectivity index (χ0n) is 19.3. The molecule has 0 amide bonds. The van der Waals surface area contributed by atoms with E-state index in [-0.39, 0.29) is 12.6 Å². The summed E-state index contributed by atoms with van der Waals surface area (Å²) in [5.41, 5.74) is 0. The third kappa shape index (κ3) is 27.5. The van der Waals surface area contributed by atoms with Crippen molar-refractivity contribution in [1.82, 2.24) is 0 Å². The van der Waals surface area contributed by atoms with Crippen LogP contribution in [0.3, 0.4) is 0 Å². The highest BCUT2D eigenvalue weighted by Crippen LogP contribution is 2.01. The van der Waals surface area contributed by atoms with Crippen molar-refractivity contribution >= 4 is 17.6 Å². The Morgan fingerprint density at radius 3 is 1.35 bits per heavy atom. The predicted molar refractivity (Wildman–Crippen MR) is 120 cm³/mol. The average Bonchev–Trinajstić information content (AvgIpc) is 2.77. The van der Waals surface area contributed by atoms with Gasteiger partial charge < -0.3 is 33.2 Å². The second kappa shape index (κ2) is 27.6. The minimum atomic E-state index is -0.179. The van der Waals surface area contributed by atoms with Crippen molar-refractivity contribution in [2.75, 3.05) is 91.8 Å². The van der Waals surface area contributed by atoms with Crippen molar-refractivity contribution < 1.29 is 38.0 Å². The van der Waals surface area contributed by atoms with E-state index in [0.29, 0.717) is 79.1 Å². The van der Waals surface area contributed by atoms with E-state index in [0.717, 1.165) is 31.7 Å². The Kier molecular flexibility index (Phi) is 27.1. The summed E-state index contributed by atoms with van der Waals surface area (Å²) in [6, 6.07) is 0. The average molecular weight is 471 g/mol.